The van der Waals surface area contributed by atoms with Gasteiger partial charge < -0.3 is 0 Å². The Morgan fingerprint density at radius 2 is 2.00 bits per heavy atom. The fraction of sp³-hybridized carbons (Fsp3) is 0.625. The Balaban J connectivity index is 2.73. The largest absolute Gasteiger partial charge is 0.281 e. The number of hydrogen-bond acceptors (Lipinski definition) is 1. The lowest BCUT2D eigenvalue weighted by atomic mass is 10.1. The van der Waals surface area contributed by atoms with Crippen molar-refractivity contribution in [3.63, 3.8) is 0 Å². The first kappa shape index (κ1) is 10.0. The van der Waals surface area contributed by atoms with Crippen molar-refractivity contribution >= 4 is 28.4 Å². The zero-order valence-corrected chi connectivity index (χ0v) is 8.29. The van der Waals surface area contributed by atoms with Crippen molar-refractivity contribution in [2.75, 3.05) is 0 Å². The zero-order valence-electron chi connectivity index (χ0n) is 6.77. The summed E-state index contributed by atoms with van der Waals surface area (Å²) in [6.45, 7) is 3.72. The minimum atomic E-state index is -0.770. The first-order chi connectivity index (χ1) is 5.37. The first-order valence-electron chi connectivity index (χ1n) is 3.59. The Bertz CT molecular complexity index is 243. The molecule has 0 radical (unpaired) electrons. The summed E-state index contributed by atoms with van der Waals surface area (Å²) >= 11 is 10.4. The standard InChI is InChI=1S/C8H9Cl2FO/c1-8(2)4(3-5(9)11)6(8)7(10)12/h3-4,6H,1-2H3. The molecule has 4 heteroatoms. The van der Waals surface area contributed by atoms with E-state index in [1.807, 2.05) is 13.8 Å². The van der Waals surface area contributed by atoms with Crippen LogP contribution in [0.2, 0.25) is 0 Å². The molecule has 12 heavy (non-hydrogen) atoms. The summed E-state index contributed by atoms with van der Waals surface area (Å²) in [4.78, 5) is 10.8. The van der Waals surface area contributed by atoms with Crippen LogP contribution in [0.15, 0.2) is 11.4 Å². The Labute approximate surface area is 80.5 Å². The van der Waals surface area contributed by atoms with Crippen molar-refractivity contribution < 1.29 is 9.18 Å². The molecule has 0 aliphatic heterocycles. The molecule has 1 aliphatic carbocycles. The number of hydrogen-bond donors (Lipinski definition) is 0. The van der Waals surface area contributed by atoms with E-state index in [0.717, 1.165) is 0 Å². The first-order valence-corrected chi connectivity index (χ1v) is 4.35. The number of rotatable bonds is 2. The van der Waals surface area contributed by atoms with Crippen LogP contribution in [0.5, 0.6) is 0 Å². The van der Waals surface area contributed by atoms with E-state index in [0.29, 0.717) is 0 Å². The quantitative estimate of drug-likeness (QED) is 0.641. The molecule has 2 unspecified atom stereocenters. The molecule has 0 amide bonds. The maximum Gasteiger partial charge on any atom is 0.225 e. The van der Waals surface area contributed by atoms with Gasteiger partial charge in [-0.3, -0.25) is 4.79 Å². The van der Waals surface area contributed by atoms with E-state index >= 15 is 0 Å². The number of allylic oxidation sites excluding steroid dienone is 1. The van der Waals surface area contributed by atoms with Crippen LogP contribution in [-0.2, 0) is 4.79 Å². The lowest BCUT2D eigenvalue weighted by Crippen LogP contribution is -1.96. The second-order valence-electron chi connectivity index (χ2n) is 3.59. The van der Waals surface area contributed by atoms with Gasteiger partial charge >= 0.3 is 0 Å². The van der Waals surface area contributed by atoms with Crippen LogP contribution in [0.4, 0.5) is 4.39 Å². The molecular formula is C8H9Cl2FO. The molecule has 1 fully saturated rings. The predicted octanol–water partition coefficient (Wildman–Crippen LogP) is 3.07. The summed E-state index contributed by atoms with van der Waals surface area (Å²) in [5.74, 6) is -0.441. The van der Waals surface area contributed by atoms with Gasteiger partial charge in [0.05, 0.1) is 0 Å². The molecule has 0 aromatic heterocycles. The molecule has 1 nitrogen and oxygen atoms in total. The van der Waals surface area contributed by atoms with Gasteiger partial charge in [0.1, 0.15) is 0 Å². The molecule has 2 atom stereocenters. The van der Waals surface area contributed by atoms with E-state index in [4.69, 9.17) is 23.2 Å². The zero-order chi connectivity index (χ0) is 9.52. The molecule has 0 spiro atoms. The summed E-state index contributed by atoms with van der Waals surface area (Å²) in [5.41, 5.74) is -0.245. The van der Waals surface area contributed by atoms with E-state index in [9.17, 15) is 9.18 Å². The third kappa shape index (κ3) is 1.64. The van der Waals surface area contributed by atoms with Crippen molar-refractivity contribution in [1.82, 2.24) is 0 Å². The monoisotopic (exact) mass is 210 g/mol. The normalized spacial score (nSPS) is 33.2. The van der Waals surface area contributed by atoms with E-state index in [1.165, 1.54) is 6.08 Å². The van der Waals surface area contributed by atoms with E-state index in [2.05, 4.69) is 0 Å². The average molecular weight is 211 g/mol. The van der Waals surface area contributed by atoms with Crippen molar-refractivity contribution in [3.05, 3.63) is 11.4 Å². The van der Waals surface area contributed by atoms with Crippen LogP contribution < -0.4 is 0 Å². The smallest absolute Gasteiger partial charge is 0.225 e. The Morgan fingerprint density at radius 1 is 1.50 bits per heavy atom. The highest BCUT2D eigenvalue weighted by Gasteiger charge is 2.60. The van der Waals surface area contributed by atoms with Gasteiger partial charge in [-0.2, -0.15) is 4.39 Å². The van der Waals surface area contributed by atoms with Crippen LogP contribution in [0, 0.1) is 17.3 Å². The lowest BCUT2D eigenvalue weighted by molar-refractivity contribution is -0.113. The van der Waals surface area contributed by atoms with Crippen molar-refractivity contribution in [3.8, 4) is 0 Å². The third-order valence-corrected chi connectivity index (χ3v) is 2.82. The second kappa shape index (κ2) is 3.00. The highest BCUT2D eigenvalue weighted by atomic mass is 35.5. The van der Waals surface area contributed by atoms with Gasteiger partial charge in [0.15, 0.2) is 5.29 Å². The van der Waals surface area contributed by atoms with Crippen LogP contribution in [0.25, 0.3) is 0 Å². The van der Waals surface area contributed by atoms with Gasteiger partial charge in [-0.05, 0) is 29.0 Å². The van der Waals surface area contributed by atoms with E-state index < -0.39 is 10.5 Å². The van der Waals surface area contributed by atoms with Crippen LogP contribution in [-0.4, -0.2) is 5.24 Å². The molecule has 0 N–H and O–H groups in total. The molecule has 0 aromatic rings. The molecular weight excluding hydrogens is 202 g/mol. The summed E-state index contributed by atoms with van der Waals surface area (Å²) in [6, 6.07) is 0. The van der Waals surface area contributed by atoms with Crippen LogP contribution in [0.3, 0.4) is 0 Å². The molecule has 0 heterocycles. The second-order valence-corrected chi connectivity index (χ2v) is 4.32. The van der Waals surface area contributed by atoms with Gasteiger partial charge in [-0.25, -0.2) is 0 Å². The third-order valence-electron chi connectivity index (χ3n) is 2.46. The van der Waals surface area contributed by atoms with Crippen molar-refractivity contribution in [2.45, 2.75) is 13.8 Å². The molecule has 1 rings (SSSR count). The van der Waals surface area contributed by atoms with Crippen molar-refractivity contribution in [1.29, 1.82) is 0 Å². The highest BCUT2D eigenvalue weighted by molar-refractivity contribution is 6.64. The maximum absolute atomic E-state index is 12.2. The molecule has 1 aliphatic rings. The summed E-state index contributed by atoms with van der Waals surface area (Å²) in [5, 5.41) is -1.19. The van der Waals surface area contributed by atoms with Crippen LogP contribution >= 0.6 is 23.2 Å². The number of halogens is 3. The topological polar surface area (TPSA) is 17.1 Å². The highest BCUT2D eigenvalue weighted by Crippen LogP contribution is 2.60. The molecule has 0 bridgehead atoms. The van der Waals surface area contributed by atoms with E-state index in [-0.39, 0.29) is 17.3 Å². The lowest BCUT2D eigenvalue weighted by Gasteiger charge is -1.95. The Hall–Kier alpha value is -0.0800. The number of carbonyl (C=O) groups excluding carboxylic acids is 1. The minimum Gasteiger partial charge on any atom is -0.281 e. The molecule has 0 saturated heterocycles. The summed E-state index contributed by atoms with van der Waals surface area (Å²) in [6.07, 6.45) is 1.24. The maximum atomic E-state index is 12.2. The molecule has 68 valence electrons. The van der Waals surface area contributed by atoms with Gasteiger partial charge in [-0.15, -0.1) is 0 Å². The predicted molar refractivity (Wildman–Crippen MR) is 46.7 cm³/mol. The molecule has 1 saturated carbocycles. The fourth-order valence-corrected chi connectivity index (χ4v) is 2.11. The van der Waals surface area contributed by atoms with Gasteiger partial charge in [0.25, 0.3) is 0 Å². The summed E-state index contributed by atoms with van der Waals surface area (Å²) in [7, 11) is 0. The van der Waals surface area contributed by atoms with Gasteiger partial charge in [0, 0.05) is 5.92 Å². The van der Waals surface area contributed by atoms with Crippen molar-refractivity contribution in [2.24, 2.45) is 17.3 Å². The number of carbonyl (C=O) groups is 1. The SMILES string of the molecule is CC1(C)C(C=C(F)Cl)C1C(=O)Cl. The van der Waals surface area contributed by atoms with Gasteiger partial charge in [0.2, 0.25) is 5.24 Å². The Kier molecular flexibility index (Phi) is 2.50. The summed E-state index contributed by atoms with van der Waals surface area (Å²) < 4.78 is 12.2. The van der Waals surface area contributed by atoms with E-state index in [1.54, 1.807) is 0 Å². The van der Waals surface area contributed by atoms with Gasteiger partial charge in [-0.1, -0.05) is 25.4 Å². The fourth-order valence-electron chi connectivity index (χ4n) is 1.56. The minimum absolute atomic E-state index is 0.153. The van der Waals surface area contributed by atoms with Crippen LogP contribution in [0.1, 0.15) is 13.8 Å². The molecule has 0 aromatic carbocycles. The average Bonchev–Trinajstić information content (AvgIpc) is 2.32. The Morgan fingerprint density at radius 3 is 2.25 bits per heavy atom.